The first kappa shape index (κ1) is 10.7. The lowest BCUT2D eigenvalue weighted by Crippen LogP contribution is -2.27. The van der Waals surface area contributed by atoms with E-state index in [2.05, 4.69) is 6.07 Å². The molecule has 2 rings (SSSR count). The van der Waals surface area contributed by atoms with Gasteiger partial charge in [0.15, 0.2) is 0 Å². The zero-order valence-electron chi connectivity index (χ0n) is 9.15. The zero-order valence-corrected chi connectivity index (χ0v) is 9.15. The number of amides is 1. The van der Waals surface area contributed by atoms with Crippen LogP contribution >= 0.6 is 0 Å². The predicted molar refractivity (Wildman–Crippen MR) is 60.9 cm³/mol. The molecule has 0 radical (unpaired) electrons. The topological polar surface area (TPSA) is 44.1 Å². The van der Waals surface area contributed by atoms with Crippen LogP contribution < -0.4 is 0 Å². The molecular formula is C13H14N2O. The Bertz CT molecular complexity index is 411. The molecular weight excluding hydrogens is 200 g/mol. The van der Waals surface area contributed by atoms with Crippen molar-refractivity contribution in [2.24, 2.45) is 0 Å². The molecule has 1 aliphatic heterocycles. The second kappa shape index (κ2) is 4.80. The van der Waals surface area contributed by atoms with E-state index in [0.29, 0.717) is 6.42 Å². The number of hydrogen-bond acceptors (Lipinski definition) is 2. The Hall–Kier alpha value is -1.82. The lowest BCUT2D eigenvalue weighted by molar-refractivity contribution is 0.0793. The number of benzene rings is 1. The average molecular weight is 214 g/mol. The molecule has 0 aliphatic carbocycles. The molecule has 1 aromatic carbocycles. The van der Waals surface area contributed by atoms with Crippen LogP contribution in [0.3, 0.4) is 0 Å². The molecule has 0 N–H and O–H groups in total. The minimum Gasteiger partial charge on any atom is -0.339 e. The van der Waals surface area contributed by atoms with Crippen molar-refractivity contribution in [1.82, 2.24) is 4.90 Å². The predicted octanol–water partition coefficient (Wildman–Crippen LogP) is 1.99. The molecule has 0 unspecified atom stereocenters. The van der Waals surface area contributed by atoms with E-state index in [9.17, 15) is 4.79 Å². The Morgan fingerprint density at radius 1 is 1.25 bits per heavy atom. The largest absolute Gasteiger partial charge is 0.339 e. The van der Waals surface area contributed by atoms with Crippen molar-refractivity contribution in [3.05, 3.63) is 35.4 Å². The molecule has 0 atom stereocenters. The highest BCUT2D eigenvalue weighted by Crippen LogP contribution is 2.13. The van der Waals surface area contributed by atoms with E-state index in [1.165, 1.54) is 0 Å². The second-order valence-electron chi connectivity index (χ2n) is 4.03. The van der Waals surface area contributed by atoms with E-state index in [1.807, 2.05) is 29.2 Å². The highest BCUT2D eigenvalue weighted by molar-refractivity contribution is 5.94. The van der Waals surface area contributed by atoms with Gasteiger partial charge in [0.1, 0.15) is 0 Å². The van der Waals surface area contributed by atoms with Crippen molar-refractivity contribution in [3.8, 4) is 6.07 Å². The van der Waals surface area contributed by atoms with Gasteiger partial charge in [-0.25, -0.2) is 0 Å². The van der Waals surface area contributed by atoms with Crippen LogP contribution in [-0.4, -0.2) is 23.9 Å². The minimum absolute atomic E-state index is 0.112. The van der Waals surface area contributed by atoms with Crippen LogP contribution in [0.5, 0.6) is 0 Å². The first-order chi connectivity index (χ1) is 7.81. The van der Waals surface area contributed by atoms with Gasteiger partial charge in [0.05, 0.1) is 12.5 Å². The number of rotatable bonds is 2. The second-order valence-corrected chi connectivity index (χ2v) is 4.03. The number of carbonyl (C=O) groups excluding carboxylic acids is 1. The number of likely N-dealkylation sites (tertiary alicyclic amines) is 1. The van der Waals surface area contributed by atoms with Gasteiger partial charge < -0.3 is 4.90 Å². The lowest BCUT2D eigenvalue weighted by Gasteiger charge is -2.15. The fourth-order valence-corrected chi connectivity index (χ4v) is 1.96. The summed E-state index contributed by atoms with van der Waals surface area (Å²) in [6, 6.07) is 9.43. The normalized spacial score (nSPS) is 14.8. The molecule has 0 bridgehead atoms. The standard InChI is InChI=1S/C13H14N2O/c14-8-7-11-3-5-12(6-4-11)13(16)15-9-1-2-10-15/h3-6H,1-2,7,9-10H2. The molecule has 16 heavy (non-hydrogen) atoms. The molecule has 1 heterocycles. The van der Waals surface area contributed by atoms with Crippen molar-refractivity contribution in [2.45, 2.75) is 19.3 Å². The first-order valence-electron chi connectivity index (χ1n) is 5.56. The molecule has 0 spiro atoms. The Morgan fingerprint density at radius 3 is 2.44 bits per heavy atom. The lowest BCUT2D eigenvalue weighted by atomic mass is 10.1. The summed E-state index contributed by atoms with van der Waals surface area (Å²) in [6.45, 7) is 1.75. The Morgan fingerprint density at radius 2 is 1.88 bits per heavy atom. The van der Waals surface area contributed by atoms with Crippen molar-refractivity contribution in [2.75, 3.05) is 13.1 Å². The molecule has 82 valence electrons. The van der Waals surface area contributed by atoms with Gasteiger partial charge in [-0.1, -0.05) is 12.1 Å². The molecule has 1 amide bonds. The smallest absolute Gasteiger partial charge is 0.253 e. The number of nitrogens with zero attached hydrogens (tertiary/aromatic N) is 2. The molecule has 1 fully saturated rings. The number of hydrogen-bond donors (Lipinski definition) is 0. The minimum atomic E-state index is 0.112. The van der Waals surface area contributed by atoms with E-state index in [0.717, 1.165) is 37.1 Å². The molecule has 1 aliphatic rings. The summed E-state index contributed by atoms with van der Waals surface area (Å²) in [5, 5.41) is 8.55. The van der Waals surface area contributed by atoms with Crippen LogP contribution in [0.1, 0.15) is 28.8 Å². The molecule has 0 saturated carbocycles. The van der Waals surface area contributed by atoms with Crippen LogP contribution in [0.25, 0.3) is 0 Å². The van der Waals surface area contributed by atoms with Crippen molar-refractivity contribution in [1.29, 1.82) is 5.26 Å². The summed E-state index contributed by atoms with van der Waals surface area (Å²) in [4.78, 5) is 13.9. The quantitative estimate of drug-likeness (QED) is 0.755. The maximum atomic E-state index is 12.0. The molecule has 1 saturated heterocycles. The van der Waals surface area contributed by atoms with E-state index < -0.39 is 0 Å². The third-order valence-electron chi connectivity index (χ3n) is 2.88. The van der Waals surface area contributed by atoms with Crippen LogP contribution in [0.4, 0.5) is 0 Å². The van der Waals surface area contributed by atoms with Gasteiger partial charge >= 0.3 is 0 Å². The molecule has 1 aromatic rings. The Kier molecular flexibility index (Phi) is 3.21. The van der Waals surface area contributed by atoms with Crippen molar-refractivity contribution in [3.63, 3.8) is 0 Å². The van der Waals surface area contributed by atoms with Gasteiger partial charge in [-0.15, -0.1) is 0 Å². The van der Waals surface area contributed by atoms with E-state index in [1.54, 1.807) is 0 Å². The zero-order chi connectivity index (χ0) is 11.4. The average Bonchev–Trinajstić information content (AvgIpc) is 2.83. The number of carbonyl (C=O) groups is 1. The Balaban J connectivity index is 2.09. The summed E-state index contributed by atoms with van der Waals surface area (Å²) in [7, 11) is 0. The Labute approximate surface area is 95.3 Å². The summed E-state index contributed by atoms with van der Waals surface area (Å²) < 4.78 is 0. The van der Waals surface area contributed by atoms with Crippen LogP contribution in [0.15, 0.2) is 24.3 Å². The van der Waals surface area contributed by atoms with E-state index in [4.69, 9.17) is 5.26 Å². The monoisotopic (exact) mass is 214 g/mol. The molecule has 3 heteroatoms. The van der Waals surface area contributed by atoms with Gasteiger partial charge in [-0.2, -0.15) is 5.26 Å². The fraction of sp³-hybridized carbons (Fsp3) is 0.385. The maximum Gasteiger partial charge on any atom is 0.253 e. The van der Waals surface area contributed by atoms with Crippen LogP contribution in [-0.2, 0) is 6.42 Å². The van der Waals surface area contributed by atoms with Crippen LogP contribution in [0.2, 0.25) is 0 Å². The van der Waals surface area contributed by atoms with Crippen LogP contribution in [0, 0.1) is 11.3 Å². The summed E-state index contributed by atoms with van der Waals surface area (Å²) in [5.74, 6) is 0.112. The third-order valence-corrected chi connectivity index (χ3v) is 2.88. The van der Waals surface area contributed by atoms with Gasteiger partial charge in [0.25, 0.3) is 5.91 Å². The molecule has 0 aromatic heterocycles. The number of nitriles is 1. The third kappa shape index (κ3) is 2.22. The van der Waals surface area contributed by atoms with Gasteiger partial charge in [-0.05, 0) is 30.5 Å². The highest BCUT2D eigenvalue weighted by atomic mass is 16.2. The molecule has 3 nitrogen and oxygen atoms in total. The fourth-order valence-electron chi connectivity index (χ4n) is 1.96. The van der Waals surface area contributed by atoms with Gasteiger partial charge in [0, 0.05) is 18.7 Å². The van der Waals surface area contributed by atoms with Crippen molar-refractivity contribution < 1.29 is 4.79 Å². The van der Waals surface area contributed by atoms with Gasteiger partial charge in [0.2, 0.25) is 0 Å². The highest BCUT2D eigenvalue weighted by Gasteiger charge is 2.18. The van der Waals surface area contributed by atoms with E-state index in [-0.39, 0.29) is 5.91 Å². The summed E-state index contributed by atoms with van der Waals surface area (Å²) >= 11 is 0. The van der Waals surface area contributed by atoms with Crippen molar-refractivity contribution >= 4 is 5.91 Å². The SMILES string of the molecule is N#CCc1ccc(C(=O)N2CCCC2)cc1. The first-order valence-corrected chi connectivity index (χ1v) is 5.56. The van der Waals surface area contributed by atoms with E-state index >= 15 is 0 Å². The summed E-state index contributed by atoms with van der Waals surface area (Å²) in [6.07, 6.45) is 2.62. The maximum absolute atomic E-state index is 12.0. The summed E-state index contributed by atoms with van der Waals surface area (Å²) in [5.41, 5.74) is 1.68. The van der Waals surface area contributed by atoms with Gasteiger partial charge in [-0.3, -0.25) is 4.79 Å².